The zero-order valence-corrected chi connectivity index (χ0v) is 18.1. The molecule has 6 heteroatoms. The van der Waals surface area contributed by atoms with Crippen molar-refractivity contribution in [2.75, 3.05) is 13.2 Å². The average molecular weight is 429 g/mol. The molecule has 2 aromatic carbocycles. The fraction of sp³-hybridized carbons (Fsp3) is 0.269. The van der Waals surface area contributed by atoms with Gasteiger partial charge in [0.05, 0.1) is 23.2 Å². The number of aryl methyl sites for hydroxylation is 2. The Morgan fingerprint density at radius 1 is 0.938 bits per heavy atom. The summed E-state index contributed by atoms with van der Waals surface area (Å²) in [6.45, 7) is 2.20. The average Bonchev–Trinajstić information content (AvgIpc) is 3.20. The van der Waals surface area contributed by atoms with Crippen LogP contribution in [0, 0.1) is 0 Å². The zero-order chi connectivity index (χ0) is 22.0. The highest BCUT2D eigenvalue weighted by Gasteiger charge is 2.11. The van der Waals surface area contributed by atoms with Crippen molar-refractivity contribution in [3.8, 4) is 5.75 Å². The van der Waals surface area contributed by atoms with Gasteiger partial charge in [-0.25, -0.2) is 4.98 Å². The number of carbonyl (C=O) groups is 1. The Kier molecular flexibility index (Phi) is 7.47. The predicted octanol–water partition coefficient (Wildman–Crippen LogP) is 4.65. The maximum absolute atomic E-state index is 12.2. The summed E-state index contributed by atoms with van der Waals surface area (Å²) in [5, 5.41) is 2.97. The van der Waals surface area contributed by atoms with E-state index in [0.29, 0.717) is 18.7 Å². The number of para-hydroxylation sites is 3. The van der Waals surface area contributed by atoms with Gasteiger partial charge in [0, 0.05) is 31.9 Å². The van der Waals surface area contributed by atoms with Crippen molar-refractivity contribution < 1.29 is 9.53 Å². The van der Waals surface area contributed by atoms with Gasteiger partial charge in [-0.1, -0.05) is 30.3 Å². The van der Waals surface area contributed by atoms with Crippen LogP contribution < -0.4 is 10.1 Å². The van der Waals surface area contributed by atoms with E-state index in [-0.39, 0.29) is 5.91 Å². The van der Waals surface area contributed by atoms with E-state index in [1.165, 1.54) is 0 Å². The summed E-state index contributed by atoms with van der Waals surface area (Å²) in [5.74, 6) is 1.88. The summed E-state index contributed by atoms with van der Waals surface area (Å²) < 4.78 is 8.12. The third-order valence-corrected chi connectivity index (χ3v) is 5.31. The normalized spacial score (nSPS) is 10.9. The number of nitrogens with zero attached hydrogens (tertiary/aromatic N) is 3. The number of nitrogens with one attached hydrogen (secondary N) is 1. The van der Waals surface area contributed by atoms with Gasteiger partial charge in [-0.15, -0.1) is 0 Å². The fourth-order valence-corrected chi connectivity index (χ4v) is 3.69. The number of imidazole rings is 1. The minimum absolute atomic E-state index is 0.0926. The van der Waals surface area contributed by atoms with Crippen molar-refractivity contribution in [2.24, 2.45) is 0 Å². The van der Waals surface area contributed by atoms with E-state index in [0.717, 1.165) is 54.8 Å². The molecule has 1 amide bonds. The van der Waals surface area contributed by atoms with Gasteiger partial charge >= 0.3 is 0 Å². The number of unbranched alkanes of at least 4 members (excludes halogenated alkanes) is 1. The molecule has 1 N–H and O–H groups in total. The van der Waals surface area contributed by atoms with Crippen LogP contribution in [0.4, 0.5) is 0 Å². The second-order valence-corrected chi connectivity index (χ2v) is 7.64. The van der Waals surface area contributed by atoms with Crippen molar-refractivity contribution in [2.45, 2.75) is 32.2 Å². The number of pyridine rings is 1. The number of ether oxygens (including phenoxy) is 1. The predicted molar refractivity (Wildman–Crippen MR) is 126 cm³/mol. The molecule has 2 heterocycles. The molecule has 0 aliphatic heterocycles. The Hall–Kier alpha value is -3.67. The van der Waals surface area contributed by atoms with Gasteiger partial charge in [-0.05, 0) is 55.7 Å². The Morgan fingerprint density at radius 2 is 1.78 bits per heavy atom. The van der Waals surface area contributed by atoms with Crippen molar-refractivity contribution in [1.82, 2.24) is 19.9 Å². The van der Waals surface area contributed by atoms with Crippen molar-refractivity contribution in [1.29, 1.82) is 0 Å². The number of hydrogen-bond acceptors (Lipinski definition) is 4. The lowest BCUT2D eigenvalue weighted by Crippen LogP contribution is -2.25. The molecule has 0 aliphatic rings. The van der Waals surface area contributed by atoms with E-state index in [9.17, 15) is 4.79 Å². The first-order valence-corrected chi connectivity index (χ1v) is 11.1. The zero-order valence-electron chi connectivity index (χ0n) is 18.1. The van der Waals surface area contributed by atoms with Crippen LogP contribution in [0.3, 0.4) is 0 Å². The molecular weight excluding hydrogens is 400 g/mol. The first kappa shape index (κ1) is 21.6. The van der Waals surface area contributed by atoms with Gasteiger partial charge in [0.2, 0.25) is 0 Å². The van der Waals surface area contributed by atoms with Gasteiger partial charge < -0.3 is 14.6 Å². The molecule has 0 radical (unpaired) electrons. The second-order valence-electron chi connectivity index (χ2n) is 7.64. The van der Waals surface area contributed by atoms with E-state index in [4.69, 9.17) is 9.72 Å². The Labute approximate surface area is 188 Å². The highest BCUT2D eigenvalue weighted by molar-refractivity contribution is 5.93. The Bertz CT molecular complexity index is 1130. The molecule has 0 atom stereocenters. The van der Waals surface area contributed by atoms with Crippen LogP contribution in [0.25, 0.3) is 11.0 Å². The molecule has 32 heavy (non-hydrogen) atoms. The lowest BCUT2D eigenvalue weighted by molar-refractivity contribution is 0.0952. The largest absolute Gasteiger partial charge is 0.494 e. The van der Waals surface area contributed by atoms with Crippen LogP contribution in [0.2, 0.25) is 0 Å². The van der Waals surface area contributed by atoms with E-state index in [1.807, 2.05) is 36.4 Å². The Balaban J connectivity index is 1.29. The summed E-state index contributed by atoms with van der Waals surface area (Å²) >= 11 is 0. The highest BCUT2D eigenvalue weighted by atomic mass is 16.5. The smallest absolute Gasteiger partial charge is 0.252 e. The standard InChI is InChI=1S/C26H28N4O2/c31-26(21-10-8-16-27-20-21)28-17-9-15-25-29-23-13-4-5-14-24(23)30(25)18-6-7-19-32-22-11-2-1-3-12-22/h1-5,8,10-14,16,20H,6-7,9,15,17-19H2,(H,28,31). The molecule has 164 valence electrons. The number of aromatic nitrogens is 3. The number of amides is 1. The molecule has 6 nitrogen and oxygen atoms in total. The number of fused-ring (bicyclic) bond motifs is 1. The molecule has 2 aromatic heterocycles. The fourth-order valence-electron chi connectivity index (χ4n) is 3.69. The molecule has 4 aromatic rings. The minimum atomic E-state index is -0.0926. The van der Waals surface area contributed by atoms with E-state index in [2.05, 4.69) is 33.1 Å². The lowest BCUT2D eigenvalue weighted by Gasteiger charge is -2.10. The van der Waals surface area contributed by atoms with Gasteiger partial charge in [-0.3, -0.25) is 9.78 Å². The first-order chi connectivity index (χ1) is 15.8. The molecule has 0 fully saturated rings. The van der Waals surface area contributed by atoms with E-state index < -0.39 is 0 Å². The van der Waals surface area contributed by atoms with Crippen molar-refractivity contribution in [3.05, 3.63) is 90.5 Å². The van der Waals surface area contributed by atoms with Crippen LogP contribution in [-0.2, 0) is 13.0 Å². The topological polar surface area (TPSA) is 69.0 Å². The molecule has 4 rings (SSSR count). The maximum atomic E-state index is 12.2. The minimum Gasteiger partial charge on any atom is -0.494 e. The first-order valence-electron chi connectivity index (χ1n) is 11.1. The van der Waals surface area contributed by atoms with E-state index in [1.54, 1.807) is 24.5 Å². The quantitative estimate of drug-likeness (QED) is 0.353. The molecule has 0 bridgehead atoms. The van der Waals surface area contributed by atoms with Crippen molar-refractivity contribution in [3.63, 3.8) is 0 Å². The number of carbonyl (C=O) groups excluding carboxylic acids is 1. The summed E-state index contributed by atoms with van der Waals surface area (Å²) in [4.78, 5) is 21.0. The van der Waals surface area contributed by atoms with Gasteiger partial charge in [-0.2, -0.15) is 0 Å². The molecular formula is C26H28N4O2. The molecule has 0 aliphatic carbocycles. The monoisotopic (exact) mass is 428 g/mol. The van der Waals surface area contributed by atoms with Crippen LogP contribution in [-0.4, -0.2) is 33.6 Å². The molecule has 0 unspecified atom stereocenters. The maximum Gasteiger partial charge on any atom is 0.252 e. The van der Waals surface area contributed by atoms with Crippen LogP contribution in [0.15, 0.2) is 79.1 Å². The number of rotatable bonds is 11. The van der Waals surface area contributed by atoms with Crippen LogP contribution in [0.5, 0.6) is 5.75 Å². The number of benzene rings is 2. The van der Waals surface area contributed by atoms with Gasteiger partial charge in [0.25, 0.3) is 5.91 Å². The lowest BCUT2D eigenvalue weighted by atomic mass is 10.2. The number of hydrogen-bond donors (Lipinski definition) is 1. The summed E-state index contributed by atoms with van der Waals surface area (Å²) in [5.41, 5.74) is 2.76. The molecule has 0 spiro atoms. The third kappa shape index (κ3) is 5.72. The molecule has 0 saturated carbocycles. The summed E-state index contributed by atoms with van der Waals surface area (Å²) in [7, 11) is 0. The Morgan fingerprint density at radius 3 is 2.62 bits per heavy atom. The van der Waals surface area contributed by atoms with Crippen LogP contribution >= 0.6 is 0 Å². The summed E-state index contributed by atoms with van der Waals surface area (Å²) in [6.07, 6.45) is 6.86. The van der Waals surface area contributed by atoms with Gasteiger partial charge in [0.1, 0.15) is 11.6 Å². The SMILES string of the molecule is O=C(NCCCc1nc2ccccc2n1CCCCOc1ccccc1)c1cccnc1. The summed E-state index contributed by atoms with van der Waals surface area (Å²) in [6, 6.07) is 21.7. The van der Waals surface area contributed by atoms with Crippen molar-refractivity contribution >= 4 is 16.9 Å². The third-order valence-electron chi connectivity index (χ3n) is 5.31. The molecule has 0 saturated heterocycles. The second kappa shape index (κ2) is 11.1. The van der Waals surface area contributed by atoms with E-state index >= 15 is 0 Å². The van der Waals surface area contributed by atoms with Crippen LogP contribution in [0.1, 0.15) is 35.4 Å². The highest BCUT2D eigenvalue weighted by Crippen LogP contribution is 2.18. The van der Waals surface area contributed by atoms with Gasteiger partial charge in [0.15, 0.2) is 0 Å².